The SMILES string of the molecule is CNc1ccncc1S(=O)(=O)NCc1cc(Br)cs1. The van der Waals surface area contributed by atoms with Crippen molar-refractivity contribution >= 4 is 43.0 Å². The number of pyridine rings is 1. The van der Waals surface area contributed by atoms with Gasteiger partial charge in [0.25, 0.3) is 0 Å². The van der Waals surface area contributed by atoms with Crippen LogP contribution in [0.3, 0.4) is 0 Å². The highest BCUT2D eigenvalue weighted by molar-refractivity contribution is 9.10. The van der Waals surface area contributed by atoms with E-state index in [4.69, 9.17) is 0 Å². The zero-order chi connectivity index (χ0) is 13.9. The molecule has 2 aromatic rings. The zero-order valence-corrected chi connectivity index (χ0v) is 13.3. The smallest absolute Gasteiger partial charge is 0.244 e. The molecular weight excluding hydrogens is 350 g/mol. The van der Waals surface area contributed by atoms with Crippen LogP contribution in [-0.4, -0.2) is 20.4 Å². The van der Waals surface area contributed by atoms with E-state index in [1.807, 2.05) is 11.4 Å². The molecule has 0 aliphatic rings. The first-order chi connectivity index (χ1) is 9.03. The maximum absolute atomic E-state index is 12.2. The molecule has 0 saturated heterocycles. The molecule has 0 amide bonds. The molecule has 0 spiro atoms. The molecule has 2 aromatic heterocycles. The summed E-state index contributed by atoms with van der Waals surface area (Å²) in [4.78, 5) is 4.94. The summed E-state index contributed by atoms with van der Waals surface area (Å²) in [6, 6.07) is 3.51. The van der Waals surface area contributed by atoms with E-state index in [0.717, 1.165) is 9.35 Å². The predicted molar refractivity (Wildman–Crippen MR) is 79.8 cm³/mol. The molecular formula is C11H12BrN3O2S2. The Morgan fingerprint density at radius 2 is 2.26 bits per heavy atom. The molecule has 0 atom stereocenters. The molecule has 2 heterocycles. The van der Waals surface area contributed by atoms with Crippen LogP contribution in [0.15, 0.2) is 39.3 Å². The lowest BCUT2D eigenvalue weighted by Gasteiger charge is -2.09. The maximum atomic E-state index is 12.2. The molecule has 0 aromatic carbocycles. The van der Waals surface area contributed by atoms with Crippen LogP contribution < -0.4 is 10.0 Å². The average molecular weight is 362 g/mol. The van der Waals surface area contributed by atoms with Gasteiger partial charge in [-0.3, -0.25) is 4.98 Å². The molecule has 2 N–H and O–H groups in total. The second kappa shape index (κ2) is 6.00. The quantitative estimate of drug-likeness (QED) is 0.857. The summed E-state index contributed by atoms with van der Waals surface area (Å²) < 4.78 is 27.9. The number of anilines is 1. The van der Waals surface area contributed by atoms with Crippen molar-refractivity contribution in [3.8, 4) is 0 Å². The number of nitrogens with one attached hydrogen (secondary N) is 2. The Labute approximate surface area is 124 Å². The van der Waals surface area contributed by atoms with Gasteiger partial charge in [-0.1, -0.05) is 0 Å². The zero-order valence-electron chi connectivity index (χ0n) is 10.1. The minimum absolute atomic E-state index is 0.146. The molecule has 8 heteroatoms. The number of nitrogens with zero attached hydrogens (tertiary/aromatic N) is 1. The number of halogens is 1. The molecule has 0 aliphatic heterocycles. The van der Waals surface area contributed by atoms with E-state index in [-0.39, 0.29) is 11.4 Å². The number of aromatic nitrogens is 1. The fourth-order valence-corrected chi connectivity index (χ4v) is 4.13. The van der Waals surface area contributed by atoms with E-state index in [9.17, 15) is 8.42 Å². The Morgan fingerprint density at radius 1 is 1.47 bits per heavy atom. The first kappa shape index (κ1) is 14.4. The normalized spacial score (nSPS) is 11.5. The number of hydrogen-bond acceptors (Lipinski definition) is 5. The van der Waals surface area contributed by atoms with Crippen molar-refractivity contribution in [3.05, 3.63) is 39.3 Å². The van der Waals surface area contributed by atoms with Crippen molar-refractivity contribution in [1.82, 2.24) is 9.71 Å². The van der Waals surface area contributed by atoms with Gasteiger partial charge in [-0.05, 0) is 28.1 Å². The van der Waals surface area contributed by atoms with E-state index in [2.05, 4.69) is 31.0 Å². The summed E-state index contributed by atoms with van der Waals surface area (Å²) in [6.45, 7) is 0.261. The van der Waals surface area contributed by atoms with Gasteiger partial charge in [-0.25, -0.2) is 13.1 Å². The van der Waals surface area contributed by atoms with Gasteiger partial charge >= 0.3 is 0 Å². The van der Waals surface area contributed by atoms with Crippen LogP contribution in [0, 0.1) is 0 Å². The van der Waals surface area contributed by atoms with Crippen LogP contribution in [0.4, 0.5) is 5.69 Å². The number of hydrogen-bond donors (Lipinski definition) is 2. The van der Waals surface area contributed by atoms with Crippen LogP contribution in [0.25, 0.3) is 0 Å². The number of rotatable bonds is 5. The standard InChI is InChI=1S/C11H12BrN3O2S2/c1-13-10-2-3-14-6-11(10)19(16,17)15-5-9-4-8(12)7-18-9/h2-4,6-7,15H,5H2,1H3,(H,13,14). The summed E-state index contributed by atoms with van der Waals surface area (Å²) in [5.41, 5.74) is 0.523. The Morgan fingerprint density at radius 3 is 2.89 bits per heavy atom. The minimum atomic E-state index is -3.58. The van der Waals surface area contributed by atoms with Gasteiger partial charge in [-0.15, -0.1) is 11.3 Å². The van der Waals surface area contributed by atoms with Crippen molar-refractivity contribution in [2.45, 2.75) is 11.4 Å². The van der Waals surface area contributed by atoms with E-state index < -0.39 is 10.0 Å². The summed E-state index contributed by atoms with van der Waals surface area (Å²) >= 11 is 4.82. The first-order valence-electron chi connectivity index (χ1n) is 5.37. The summed E-state index contributed by atoms with van der Waals surface area (Å²) in [7, 11) is -1.90. The van der Waals surface area contributed by atoms with Crippen LogP contribution >= 0.6 is 27.3 Å². The van der Waals surface area contributed by atoms with Crippen LogP contribution in [0.1, 0.15) is 4.88 Å². The Hall–Kier alpha value is -0.960. The second-order valence-corrected chi connectivity index (χ2v) is 7.32. The van der Waals surface area contributed by atoms with Gasteiger partial charge in [0.15, 0.2) is 0 Å². The summed E-state index contributed by atoms with van der Waals surface area (Å²) in [5.74, 6) is 0. The van der Waals surface area contributed by atoms with Crippen molar-refractivity contribution < 1.29 is 8.42 Å². The molecule has 0 bridgehead atoms. The highest BCUT2D eigenvalue weighted by atomic mass is 79.9. The Kier molecular flexibility index (Phi) is 4.56. The molecule has 102 valence electrons. The summed E-state index contributed by atoms with van der Waals surface area (Å²) in [5, 5.41) is 4.75. The van der Waals surface area contributed by atoms with Gasteiger partial charge in [0.1, 0.15) is 4.90 Å². The topological polar surface area (TPSA) is 71.1 Å². The summed E-state index contributed by atoms with van der Waals surface area (Å²) in [6.07, 6.45) is 2.87. The van der Waals surface area contributed by atoms with E-state index in [1.54, 1.807) is 19.3 Å². The van der Waals surface area contributed by atoms with Gasteiger partial charge < -0.3 is 5.32 Å². The molecule has 5 nitrogen and oxygen atoms in total. The first-order valence-corrected chi connectivity index (χ1v) is 8.53. The molecule has 0 fully saturated rings. The van der Waals surface area contributed by atoms with E-state index in [1.165, 1.54) is 17.5 Å². The lowest BCUT2D eigenvalue weighted by molar-refractivity contribution is 0.581. The lowest BCUT2D eigenvalue weighted by Crippen LogP contribution is -2.23. The Bertz CT molecular complexity index is 670. The second-order valence-electron chi connectivity index (χ2n) is 3.68. The predicted octanol–water partition coefficient (Wildman–Crippen LogP) is 2.43. The third-order valence-electron chi connectivity index (χ3n) is 2.40. The molecule has 2 rings (SSSR count). The molecule has 0 unspecified atom stereocenters. The maximum Gasteiger partial charge on any atom is 0.244 e. The highest BCUT2D eigenvalue weighted by Gasteiger charge is 2.18. The fourth-order valence-electron chi connectivity index (χ4n) is 1.49. The molecule has 19 heavy (non-hydrogen) atoms. The van der Waals surface area contributed by atoms with Crippen molar-refractivity contribution in [1.29, 1.82) is 0 Å². The van der Waals surface area contributed by atoms with Crippen molar-refractivity contribution in [3.63, 3.8) is 0 Å². The monoisotopic (exact) mass is 361 g/mol. The number of sulfonamides is 1. The highest BCUT2D eigenvalue weighted by Crippen LogP contribution is 2.22. The third-order valence-corrected chi connectivity index (χ3v) is 5.53. The van der Waals surface area contributed by atoms with E-state index in [0.29, 0.717) is 5.69 Å². The molecule has 0 radical (unpaired) electrons. The minimum Gasteiger partial charge on any atom is -0.387 e. The van der Waals surface area contributed by atoms with Crippen LogP contribution in [0.2, 0.25) is 0 Å². The number of thiophene rings is 1. The van der Waals surface area contributed by atoms with Crippen LogP contribution in [-0.2, 0) is 16.6 Å². The van der Waals surface area contributed by atoms with Crippen molar-refractivity contribution in [2.24, 2.45) is 0 Å². The molecule has 0 aliphatic carbocycles. The van der Waals surface area contributed by atoms with Gasteiger partial charge in [0.05, 0.1) is 5.69 Å². The molecule has 0 saturated carbocycles. The third kappa shape index (κ3) is 3.53. The fraction of sp³-hybridized carbons (Fsp3) is 0.182. The largest absolute Gasteiger partial charge is 0.387 e. The van der Waals surface area contributed by atoms with Gasteiger partial charge in [0.2, 0.25) is 10.0 Å². The Balaban J connectivity index is 2.18. The van der Waals surface area contributed by atoms with Gasteiger partial charge in [0, 0.05) is 40.7 Å². The van der Waals surface area contributed by atoms with Gasteiger partial charge in [-0.2, -0.15) is 0 Å². The van der Waals surface area contributed by atoms with E-state index >= 15 is 0 Å². The lowest BCUT2D eigenvalue weighted by atomic mass is 10.4. The van der Waals surface area contributed by atoms with Crippen molar-refractivity contribution in [2.75, 3.05) is 12.4 Å². The van der Waals surface area contributed by atoms with Crippen LogP contribution in [0.5, 0.6) is 0 Å². The average Bonchev–Trinajstić information content (AvgIpc) is 2.82.